The average molecular weight is 275 g/mol. The summed E-state index contributed by atoms with van der Waals surface area (Å²) in [5.41, 5.74) is 0.824. The third kappa shape index (κ3) is 3.18. The van der Waals surface area contributed by atoms with Crippen molar-refractivity contribution in [2.24, 2.45) is 0 Å². The van der Waals surface area contributed by atoms with Crippen LogP contribution in [0.3, 0.4) is 0 Å². The highest BCUT2D eigenvalue weighted by atomic mass is 16.4. The summed E-state index contributed by atoms with van der Waals surface area (Å²) < 4.78 is 0. The number of nitrogens with zero attached hydrogens (tertiary/aromatic N) is 1. The first-order valence-corrected chi connectivity index (χ1v) is 7.24. The van der Waals surface area contributed by atoms with E-state index in [4.69, 9.17) is 5.11 Å². The van der Waals surface area contributed by atoms with Crippen LogP contribution >= 0.6 is 0 Å². The van der Waals surface area contributed by atoms with Gasteiger partial charge in [0.25, 0.3) is 0 Å². The van der Waals surface area contributed by atoms with E-state index in [0.29, 0.717) is 18.2 Å². The van der Waals surface area contributed by atoms with Gasteiger partial charge in [0.05, 0.1) is 12.0 Å². The molecule has 0 heterocycles. The molecule has 20 heavy (non-hydrogen) atoms. The molecule has 0 spiro atoms. The van der Waals surface area contributed by atoms with Crippen molar-refractivity contribution >= 4 is 11.9 Å². The summed E-state index contributed by atoms with van der Waals surface area (Å²) in [7, 11) is 0. The van der Waals surface area contributed by atoms with Crippen molar-refractivity contribution in [1.29, 1.82) is 0 Å². The van der Waals surface area contributed by atoms with E-state index >= 15 is 0 Å². The first kappa shape index (κ1) is 14.6. The van der Waals surface area contributed by atoms with Gasteiger partial charge in [0.2, 0.25) is 5.91 Å². The molecule has 4 heteroatoms. The zero-order valence-corrected chi connectivity index (χ0v) is 11.8. The molecule has 1 fully saturated rings. The number of hydrogen-bond donors (Lipinski definition) is 1. The first-order valence-electron chi connectivity index (χ1n) is 7.24. The second kappa shape index (κ2) is 6.55. The fourth-order valence-electron chi connectivity index (χ4n) is 3.00. The van der Waals surface area contributed by atoms with Crippen LogP contribution in [0.1, 0.15) is 48.5 Å². The third-order valence-corrected chi connectivity index (χ3v) is 4.02. The zero-order chi connectivity index (χ0) is 14.5. The molecule has 2 rings (SSSR count). The number of benzene rings is 1. The minimum atomic E-state index is -0.975. The van der Waals surface area contributed by atoms with Crippen LogP contribution in [0.15, 0.2) is 24.3 Å². The van der Waals surface area contributed by atoms with Crippen molar-refractivity contribution in [3.8, 4) is 0 Å². The van der Waals surface area contributed by atoms with Crippen molar-refractivity contribution in [2.45, 2.75) is 45.1 Å². The molecule has 0 saturated heterocycles. The Hall–Kier alpha value is -1.84. The number of likely N-dealkylation sites (N-methyl/N-ethyl adjacent to an activating group) is 1. The molecule has 0 unspecified atom stereocenters. The Labute approximate surface area is 119 Å². The summed E-state index contributed by atoms with van der Waals surface area (Å²) in [5.74, 6) is -0.939. The molecule has 0 aliphatic heterocycles. The summed E-state index contributed by atoms with van der Waals surface area (Å²) in [6, 6.07) is 7.08. The minimum Gasteiger partial charge on any atom is -0.478 e. The van der Waals surface area contributed by atoms with Crippen LogP contribution in [0, 0.1) is 0 Å². The number of carboxylic acids is 1. The molecule has 108 valence electrons. The molecule has 1 aliphatic carbocycles. The molecule has 1 aromatic carbocycles. The van der Waals surface area contributed by atoms with Gasteiger partial charge in [0, 0.05) is 12.6 Å². The Balaban J connectivity index is 2.12. The molecular formula is C16H21NO3. The number of hydrogen-bond acceptors (Lipinski definition) is 2. The lowest BCUT2D eigenvalue weighted by Crippen LogP contribution is -2.39. The Morgan fingerprint density at radius 3 is 2.50 bits per heavy atom. The van der Waals surface area contributed by atoms with Gasteiger partial charge in [-0.05, 0) is 31.4 Å². The van der Waals surface area contributed by atoms with Crippen molar-refractivity contribution in [2.75, 3.05) is 6.54 Å². The van der Waals surface area contributed by atoms with Crippen LogP contribution in [-0.2, 0) is 11.2 Å². The van der Waals surface area contributed by atoms with Gasteiger partial charge in [-0.1, -0.05) is 31.0 Å². The lowest BCUT2D eigenvalue weighted by atomic mass is 10.0. The third-order valence-electron chi connectivity index (χ3n) is 4.02. The summed E-state index contributed by atoms with van der Waals surface area (Å²) in [4.78, 5) is 25.5. The van der Waals surface area contributed by atoms with E-state index in [-0.39, 0.29) is 17.9 Å². The maximum absolute atomic E-state index is 12.4. The van der Waals surface area contributed by atoms with E-state index in [0.717, 1.165) is 12.8 Å². The van der Waals surface area contributed by atoms with Crippen molar-refractivity contribution < 1.29 is 14.7 Å². The highest BCUT2D eigenvalue weighted by Gasteiger charge is 2.26. The maximum atomic E-state index is 12.4. The van der Waals surface area contributed by atoms with Gasteiger partial charge in [0.1, 0.15) is 0 Å². The number of rotatable bonds is 5. The van der Waals surface area contributed by atoms with E-state index in [1.807, 2.05) is 11.8 Å². The second-order valence-electron chi connectivity index (χ2n) is 5.26. The molecule has 1 saturated carbocycles. The molecule has 1 aliphatic rings. The molecule has 1 amide bonds. The maximum Gasteiger partial charge on any atom is 0.335 e. The van der Waals surface area contributed by atoms with Crippen LogP contribution in [-0.4, -0.2) is 34.5 Å². The lowest BCUT2D eigenvalue weighted by molar-refractivity contribution is -0.132. The number of aromatic carboxylic acids is 1. The minimum absolute atomic E-state index is 0.0353. The Morgan fingerprint density at radius 2 is 1.90 bits per heavy atom. The molecule has 0 bridgehead atoms. The van der Waals surface area contributed by atoms with Crippen LogP contribution < -0.4 is 0 Å². The molecule has 1 aromatic rings. The Bertz CT molecular complexity index is 492. The molecule has 0 atom stereocenters. The predicted octanol–water partition coefficient (Wildman–Crippen LogP) is 2.72. The van der Waals surface area contributed by atoms with Gasteiger partial charge in [0.15, 0.2) is 0 Å². The van der Waals surface area contributed by atoms with E-state index in [9.17, 15) is 9.59 Å². The second-order valence-corrected chi connectivity index (χ2v) is 5.26. The fourth-order valence-corrected chi connectivity index (χ4v) is 3.00. The lowest BCUT2D eigenvalue weighted by Gasteiger charge is -2.28. The first-order chi connectivity index (χ1) is 9.63. The van der Waals surface area contributed by atoms with Crippen molar-refractivity contribution in [3.05, 3.63) is 35.4 Å². The normalized spacial score (nSPS) is 15.2. The van der Waals surface area contributed by atoms with Gasteiger partial charge in [-0.3, -0.25) is 4.79 Å². The summed E-state index contributed by atoms with van der Waals surface area (Å²) >= 11 is 0. The largest absolute Gasteiger partial charge is 0.478 e. The standard InChI is InChI=1S/C16H21NO3/c1-2-17(13-8-4-5-9-13)15(18)11-12-7-3-6-10-14(12)16(19)20/h3,6-7,10,13H,2,4-5,8-9,11H2,1H3,(H,19,20). The number of amides is 1. The van der Waals surface area contributed by atoms with E-state index in [2.05, 4.69) is 0 Å². The van der Waals surface area contributed by atoms with E-state index in [1.54, 1.807) is 24.3 Å². The smallest absolute Gasteiger partial charge is 0.335 e. The topological polar surface area (TPSA) is 57.6 Å². The van der Waals surface area contributed by atoms with Crippen LogP contribution in [0.2, 0.25) is 0 Å². The zero-order valence-electron chi connectivity index (χ0n) is 11.8. The van der Waals surface area contributed by atoms with Gasteiger partial charge in [-0.25, -0.2) is 4.79 Å². The Morgan fingerprint density at radius 1 is 1.25 bits per heavy atom. The van der Waals surface area contributed by atoms with Gasteiger partial charge in [-0.15, -0.1) is 0 Å². The SMILES string of the molecule is CCN(C(=O)Cc1ccccc1C(=O)O)C1CCCC1. The molecule has 1 N–H and O–H groups in total. The van der Waals surface area contributed by atoms with Gasteiger partial charge < -0.3 is 10.0 Å². The Kier molecular flexibility index (Phi) is 4.77. The molecule has 0 radical (unpaired) electrons. The predicted molar refractivity (Wildman–Crippen MR) is 76.7 cm³/mol. The molecule has 4 nitrogen and oxygen atoms in total. The highest BCUT2D eigenvalue weighted by molar-refractivity contribution is 5.91. The monoisotopic (exact) mass is 275 g/mol. The highest BCUT2D eigenvalue weighted by Crippen LogP contribution is 2.24. The number of carbonyl (C=O) groups excluding carboxylic acids is 1. The van der Waals surface area contributed by atoms with Crippen LogP contribution in [0.5, 0.6) is 0 Å². The fraction of sp³-hybridized carbons (Fsp3) is 0.500. The van der Waals surface area contributed by atoms with E-state index < -0.39 is 5.97 Å². The molecular weight excluding hydrogens is 254 g/mol. The quantitative estimate of drug-likeness (QED) is 0.899. The van der Waals surface area contributed by atoms with Crippen LogP contribution in [0.25, 0.3) is 0 Å². The number of carbonyl (C=O) groups is 2. The van der Waals surface area contributed by atoms with Crippen molar-refractivity contribution in [3.63, 3.8) is 0 Å². The van der Waals surface area contributed by atoms with Crippen molar-refractivity contribution in [1.82, 2.24) is 4.90 Å². The van der Waals surface area contributed by atoms with Crippen LogP contribution in [0.4, 0.5) is 0 Å². The summed E-state index contributed by atoms with van der Waals surface area (Å²) in [6.45, 7) is 2.68. The average Bonchev–Trinajstić information content (AvgIpc) is 2.94. The van der Waals surface area contributed by atoms with Gasteiger partial charge >= 0.3 is 5.97 Å². The number of carboxylic acid groups (broad SMARTS) is 1. The summed E-state index contributed by atoms with van der Waals surface area (Å²) in [5, 5.41) is 9.16. The van der Waals surface area contributed by atoms with E-state index in [1.165, 1.54) is 12.8 Å². The summed E-state index contributed by atoms with van der Waals surface area (Å²) in [6.07, 6.45) is 4.67. The van der Waals surface area contributed by atoms with Gasteiger partial charge in [-0.2, -0.15) is 0 Å². The molecule has 0 aromatic heterocycles.